The summed E-state index contributed by atoms with van der Waals surface area (Å²) in [4.78, 5) is 20.7. The molecule has 3 rings (SSSR count). The molecule has 1 fully saturated rings. The van der Waals surface area contributed by atoms with E-state index in [0.717, 1.165) is 18.5 Å². The van der Waals surface area contributed by atoms with Crippen molar-refractivity contribution in [1.29, 1.82) is 0 Å². The second-order valence-electron chi connectivity index (χ2n) is 5.69. The van der Waals surface area contributed by atoms with Gasteiger partial charge >= 0.3 is 0 Å². The van der Waals surface area contributed by atoms with Gasteiger partial charge in [-0.15, -0.1) is 0 Å². The molecular weight excluding hydrogens is 280 g/mol. The van der Waals surface area contributed by atoms with Crippen LogP contribution in [0.3, 0.4) is 0 Å². The second kappa shape index (κ2) is 6.27. The van der Waals surface area contributed by atoms with Crippen LogP contribution in [0.2, 0.25) is 0 Å². The van der Waals surface area contributed by atoms with Crippen molar-refractivity contribution in [3.63, 3.8) is 0 Å². The minimum absolute atomic E-state index is 0.109. The summed E-state index contributed by atoms with van der Waals surface area (Å²) >= 11 is 0. The second-order valence-corrected chi connectivity index (χ2v) is 5.69. The van der Waals surface area contributed by atoms with E-state index >= 15 is 0 Å². The molecule has 0 aliphatic carbocycles. The Balaban J connectivity index is 1.60. The summed E-state index contributed by atoms with van der Waals surface area (Å²) in [6.07, 6.45) is 0.832. The largest absolute Gasteiger partial charge is 0.340 e. The van der Waals surface area contributed by atoms with Crippen LogP contribution in [0.25, 0.3) is 0 Å². The van der Waals surface area contributed by atoms with Crippen molar-refractivity contribution in [3.8, 4) is 0 Å². The molecule has 1 aromatic carbocycles. The first kappa shape index (κ1) is 14.7. The Labute approximate surface area is 129 Å². The van der Waals surface area contributed by atoms with Crippen LogP contribution >= 0.6 is 0 Å². The molecule has 2 heterocycles. The maximum atomic E-state index is 12.6. The van der Waals surface area contributed by atoms with Gasteiger partial charge in [-0.2, -0.15) is 4.98 Å². The highest BCUT2D eigenvalue weighted by Gasteiger charge is 2.34. The highest BCUT2D eigenvalue weighted by Crippen LogP contribution is 2.19. The topological polar surface area (TPSA) is 62.5 Å². The Morgan fingerprint density at radius 3 is 2.82 bits per heavy atom. The van der Waals surface area contributed by atoms with Crippen LogP contribution < -0.4 is 0 Å². The van der Waals surface area contributed by atoms with Crippen LogP contribution in [0.1, 0.15) is 23.7 Å². The zero-order valence-corrected chi connectivity index (χ0v) is 12.9. The number of rotatable bonds is 5. The molecule has 116 valence electrons. The average Bonchev–Trinajstić information content (AvgIpc) is 3.07. The van der Waals surface area contributed by atoms with E-state index in [0.29, 0.717) is 24.8 Å². The van der Waals surface area contributed by atoms with E-state index in [2.05, 4.69) is 10.1 Å². The van der Waals surface area contributed by atoms with Crippen molar-refractivity contribution in [2.45, 2.75) is 32.5 Å². The third-order valence-electron chi connectivity index (χ3n) is 3.98. The van der Waals surface area contributed by atoms with E-state index in [4.69, 9.17) is 4.52 Å². The standard InChI is InChI=1S/C16H20N4O2/c1-12-17-15(18-22-12)11-19(2)14-8-9-20(16(14)21)10-13-6-4-3-5-7-13/h3-7,14H,8-11H2,1-2H3. The number of nitrogens with zero attached hydrogens (tertiary/aromatic N) is 4. The molecule has 1 aliphatic heterocycles. The SMILES string of the molecule is Cc1nc(CN(C)C2CCN(Cc3ccccc3)C2=O)no1. The van der Waals surface area contributed by atoms with Gasteiger partial charge in [0.15, 0.2) is 5.82 Å². The average molecular weight is 300 g/mol. The van der Waals surface area contributed by atoms with Crippen LogP contribution in [-0.4, -0.2) is 45.5 Å². The molecule has 1 unspecified atom stereocenters. The summed E-state index contributed by atoms with van der Waals surface area (Å²) in [5, 5.41) is 3.89. The van der Waals surface area contributed by atoms with Crippen molar-refractivity contribution >= 4 is 5.91 Å². The number of benzene rings is 1. The van der Waals surface area contributed by atoms with Gasteiger partial charge in [-0.05, 0) is 19.0 Å². The molecule has 6 nitrogen and oxygen atoms in total. The fourth-order valence-corrected chi connectivity index (χ4v) is 2.83. The zero-order chi connectivity index (χ0) is 15.5. The van der Waals surface area contributed by atoms with Crippen molar-refractivity contribution < 1.29 is 9.32 Å². The summed E-state index contributed by atoms with van der Waals surface area (Å²) in [6, 6.07) is 9.97. The molecule has 0 saturated carbocycles. The van der Waals surface area contributed by atoms with Crippen LogP contribution in [0.4, 0.5) is 0 Å². The summed E-state index contributed by atoms with van der Waals surface area (Å²) in [5.41, 5.74) is 1.16. The highest BCUT2D eigenvalue weighted by atomic mass is 16.5. The van der Waals surface area contributed by atoms with Crippen LogP contribution in [0, 0.1) is 6.92 Å². The van der Waals surface area contributed by atoms with E-state index in [1.807, 2.05) is 47.2 Å². The molecule has 22 heavy (non-hydrogen) atoms. The minimum atomic E-state index is -0.109. The van der Waals surface area contributed by atoms with Gasteiger partial charge in [0, 0.05) is 20.0 Å². The number of hydrogen-bond donors (Lipinski definition) is 0. The number of likely N-dealkylation sites (tertiary alicyclic amines) is 1. The molecule has 2 aromatic rings. The molecule has 6 heteroatoms. The van der Waals surface area contributed by atoms with Crippen molar-refractivity contribution in [3.05, 3.63) is 47.6 Å². The molecule has 1 aromatic heterocycles. The number of amides is 1. The lowest BCUT2D eigenvalue weighted by Crippen LogP contribution is -2.39. The Morgan fingerprint density at radius 2 is 2.14 bits per heavy atom. The summed E-state index contributed by atoms with van der Waals surface area (Å²) < 4.78 is 4.97. The van der Waals surface area contributed by atoms with Crippen molar-refractivity contribution in [2.75, 3.05) is 13.6 Å². The molecule has 1 saturated heterocycles. The Morgan fingerprint density at radius 1 is 1.36 bits per heavy atom. The molecule has 0 spiro atoms. The van der Waals surface area contributed by atoms with Gasteiger partial charge in [0.2, 0.25) is 11.8 Å². The monoisotopic (exact) mass is 300 g/mol. The Kier molecular flexibility index (Phi) is 4.20. The first-order valence-electron chi connectivity index (χ1n) is 7.45. The number of aryl methyl sites for hydroxylation is 1. The fraction of sp³-hybridized carbons (Fsp3) is 0.438. The molecule has 1 amide bonds. The smallest absolute Gasteiger partial charge is 0.240 e. The summed E-state index contributed by atoms with van der Waals surface area (Å²) in [6.45, 7) is 3.74. The van der Waals surface area contributed by atoms with Gasteiger partial charge in [0.1, 0.15) is 0 Å². The number of carbonyl (C=O) groups is 1. The molecule has 1 aliphatic rings. The summed E-state index contributed by atoms with van der Waals surface area (Å²) in [7, 11) is 1.93. The quantitative estimate of drug-likeness (QED) is 0.839. The third kappa shape index (κ3) is 3.17. The van der Waals surface area contributed by atoms with E-state index in [9.17, 15) is 4.79 Å². The molecule has 0 radical (unpaired) electrons. The van der Waals surface area contributed by atoms with E-state index < -0.39 is 0 Å². The Bertz CT molecular complexity index is 641. The van der Waals surface area contributed by atoms with Gasteiger partial charge in [-0.1, -0.05) is 35.5 Å². The van der Waals surface area contributed by atoms with E-state index in [-0.39, 0.29) is 11.9 Å². The highest BCUT2D eigenvalue weighted by molar-refractivity contribution is 5.83. The minimum Gasteiger partial charge on any atom is -0.340 e. The number of carbonyl (C=O) groups excluding carboxylic acids is 1. The van der Waals surface area contributed by atoms with Crippen molar-refractivity contribution in [1.82, 2.24) is 19.9 Å². The number of hydrogen-bond acceptors (Lipinski definition) is 5. The molecular formula is C16H20N4O2. The van der Waals surface area contributed by atoms with Crippen LogP contribution in [0.5, 0.6) is 0 Å². The predicted octanol–water partition coefficient (Wildman–Crippen LogP) is 1.61. The van der Waals surface area contributed by atoms with Gasteiger partial charge in [-0.3, -0.25) is 9.69 Å². The maximum Gasteiger partial charge on any atom is 0.240 e. The number of likely N-dealkylation sites (N-methyl/N-ethyl adjacent to an activating group) is 1. The lowest BCUT2D eigenvalue weighted by atomic mass is 10.2. The van der Waals surface area contributed by atoms with Crippen LogP contribution in [-0.2, 0) is 17.9 Å². The lowest BCUT2D eigenvalue weighted by Gasteiger charge is -2.22. The first-order chi connectivity index (χ1) is 10.6. The van der Waals surface area contributed by atoms with E-state index in [1.54, 1.807) is 6.92 Å². The molecule has 0 bridgehead atoms. The summed E-state index contributed by atoms with van der Waals surface area (Å²) in [5.74, 6) is 1.34. The normalized spacial score (nSPS) is 18.4. The van der Waals surface area contributed by atoms with Gasteiger partial charge in [0.05, 0.1) is 12.6 Å². The zero-order valence-electron chi connectivity index (χ0n) is 12.9. The van der Waals surface area contributed by atoms with E-state index in [1.165, 1.54) is 0 Å². The Hall–Kier alpha value is -2.21. The van der Waals surface area contributed by atoms with Crippen LogP contribution in [0.15, 0.2) is 34.9 Å². The predicted molar refractivity (Wildman–Crippen MR) is 80.8 cm³/mol. The van der Waals surface area contributed by atoms with Gasteiger partial charge < -0.3 is 9.42 Å². The van der Waals surface area contributed by atoms with Gasteiger partial charge in [0.25, 0.3) is 0 Å². The lowest BCUT2D eigenvalue weighted by molar-refractivity contribution is -0.132. The third-order valence-corrected chi connectivity index (χ3v) is 3.98. The first-order valence-corrected chi connectivity index (χ1v) is 7.45. The van der Waals surface area contributed by atoms with Gasteiger partial charge in [-0.25, -0.2) is 0 Å². The number of aromatic nitrogens is 2. The molecule has 0 N–H and O–H groups in total. The fourth-order valence-electron chi connectivity index (χ4n) is 2.83. The maximum absolute atomic E-state index is 12.6. The molecule has 1 atom stereocenters. The van der Waals surface area contributed by atoms with Crippen molar-refractivity contribution in [2.24, 2.45) is 0 Å².